The highest BCUT2D eigenvalue weighted by atomic mass is 19.1. The van der Waals surface area contributed by atoms with Crippen LogP contribution in [0.2, 0.25) is 0 Å². The molecule has 4 aromatic rings. The second-order valence-corrected chi connectivity index (χ2v) is 6.93. The third-order valence-electron chi connectivity index (χ3n) is 4.75. The van der Waals surface area contributed by atoms with Crippen molar-refractivity contribution in [1.82, 2.24) is 14.2 Å². The number of hydrogen-bond donors (Lipinski definition) is 2. The number of fused-ring (bicyclic) bond motifs is 1. The number of carbonyl (C=O) groups excluding carboxylic acids is 1. The highest BCUT2D eigenvalue weighted by molar-refractivity contribution is 5.90. The third kappa shape index (κ3) is 3.72. The topological polar surface area (TPSA) is 88.6 Å². The normalized spacial score (nSPS) is 11.0. The zero-order valence-corrected chi connectivity index (χ0v) is 16.2. The summed E-state index contributed by atoms with van der Waals surface area (Å²) in [5.41, 5.74) is 2.65. The zero-order chi connectivity index (χ0) is 21.3. The first kappa shape index (κ1) is 19.5. The van der Waals surface area contributed by atoms with Gasteiger partial charge in [-0.05, 0) is 48.9 Å². The van der Waals surface area contributed by atoms with Crippen LogP contribution in [0, 0.1) is 12.7 Å². The van der Waals surface area contributed by atoms with Crippen molar-refractivity contribution in [3.63, 3.8) is 0 Å². The average molecular weight is 406 g/mol. The van der Waals surface area contributed by atoms with Gasteiger partial charge in [-0.1, -0.05) is 12.1 Å². The van der Waals surface area contributed by atoms with Gasteiger partial charge in [0, 0.05) is 29.2 Å². The molecule has 30 heavy (non-hydrogen) atoms. The SMILES string of the molecule is Cc1cccc(NC(=O)Cn2ccn3nc(-c4ccc(F)cc4)c(CO)c3c2=O)c1. The molecule has 0 saturated heterocycles. The molecule has 2 heterocycles. The molecule has 2 aromatic carbocycles. The number of amides is 1. The molecule has 0 aliphatic rings. The molecule has 2 N–H and O–H groups in total. The van der Waals surface area contributed by atoms with Crippen LogP contribution in [0.3, 0.4) is 0 Å². The van der Waals surface area contributed by atoms with E-state index in [1.807, 2.05) is 25.1 Å². The molecule has 1 amide bonds. The highest BCUT2D eigenvalue weighted by Gasteiger charge is 2.18. The number of hydrogen-bond acceptors (Lipinski definition) is 4. The van der Waals surface area contributed by atoms with Crippen molar-refractivity contribution in [3.8, 4) is 11.3 Å². The summed E-state index contributed by atoms with van der Waals surface area (Å²) >= 11 is 0. The minimum Gasteiger partial charge on any atom is -0.392 e. The number of halogens is 1. The molecule has 0 bridgehead atoms. The quantitative estimate of drug-likeness (QED) is 0.533. The van der Waals surface area contributed by atoms with Crippen molar-refractivity contribution < 1.29 is 14.3 Å². The first-order chi connectivity index (χ1) is 14.5. The number of aromatic nitrogens is 3. The maximum Gasteiger partial charge on any atom is 0.277 e. The van der Waals surface area contributed by atoms with Gasteiger partial charge >= 0.3 is 0 Å². The van der Waals surface area contributed by atoms with Gasteiger partial charge < -0.3 is 15.0 Å². The molecule has 0 atom stereocenters. The largest absolute Gasteiger partial charge is 0.392 e. The van der Waals surface area contributed by atoms with Crippen molar-refractivity contribution in [2.24, 2.45) is 0 Å². The monoisotopic (exact) mass is 406 g/mol. The van der Waals surface area contributed by atoms with Crippen LogP contribution in [0.25, 0.3) is 16.8 Å². The molecule has 2 aromatic heterocycles. The summed E-state index contributed by atoms with van der Waals surface area (Å²) in [7, 11) is 0. The first-order valence-corrected chi connectivity index (χ1v) is 9.30. The minimum atomic E-state index is -0.457. The lowest BCUT2D eigenvalue weighted by molar-refractivity contribution is -0.116. The van der Waals surface area contributed by atoms with Crippen molar-refractivity contribution in [1.29, 1.82) is 0 Å². The lowest BCUT2D eigenvalue weighted by Crippen LogP contribution is -2.28. The van der Waals surface area contributed by atoms with Gasteiger partial charge in [0.15, 0.2) is 0 Å². The molecule has 4 rings (SSSR count). The van der Waals surface area contributed by atoms with Crippen LogP contribution in [0.15, 0.2) is 65.7 Å². The molecule has 0 unspecified atom stereocenters. The minimum absolute atomic E-state index is 0.169. The van der Waals surface area contributed by atoms with E-state index in [-0.39, 0.29) is 18.0 Å². The second-order valence-electron chi connectivity index (χ2n) is 6.93. The van der Waals surface area contributed by atoms with Crippen LogP contribution in [-0.4, -0.2) is 25.2 Å². The average Bonchev–Trinajstić information content (AvgIpc) is 3.10. The summed E-state index contributed by atoms with van der Waals surface area (Å²) in [4.78, 5) is 25.4. The molecule has 0 aliphatic carbocycles. The van der Waals surface area contributed by atoms with E-state index in [0.29, 0.717) is 22.5 Å². The summed E-state index contributed by atoms with van der Waals surface area (Å²) in [5.74, 6) is -0.745. The zero-order valence-electron chi connectivity index (χ0n) is 16.2. The molecule has 0 radical (unpaired) electrons. The van der Waals surface area contributed by atoms with Gasteiger partial charge in [0.2, 0.25) is 5.91 Å². The van der Waals surface area contributed by atoms with E-state index in [1.54, 1.807) is 12.3 Å². The molecule has 0 saturated carbocycles. The van der Waals surface area contributed by atoms with Crippen LogP contribution >= 0.6 is 0 Å². The van der Waals surface area contributed by atoms with Crippen LogP contribution in [0.1, 0.15) is 11.1 Å². The van der Waals surface area contributed by atoms with Crippen LogP contribution in [0.4, 0.5) is 10.1 Å². The molecular formula is C22H19FN4O3. The number of aliphatic hydroxyl groups is 1. The van der Waals surface area contributed by atoms with Gasteiger partial charge in [-0.25, -0.2) is 8.91 Å². The fourth-order valence-corrected chi connectivity index (χ4v) is 3.34. The Morgan fingerprint density at radius 1 is 1.17 bits per heavy atom. The Morgan fingerprint density at radius 2 is 1.93 bits per heavy atom. The fraction of sp³-hybridized carbons (Fsp3) is 0.136. The van der Waals surface area contributed by atoms with Gasteiger partial charge in [-0.3, -0.25) is 9.59 Å². The summed E-state index contributed by atoms with van der Waals surface area (Å²) < 4.78 is 15.9. The second kappa shape index (κ2) is 7.92. The van der Waals surface area contributed by atoms with Crippen molar-refractivity contribution in [2.45, 2.75) is 20.1 Å². The lowest BCUT2D eigenvalue weighted by atomic mass is 10.1. The highest BCUT2D eigenvalue weighted by Crippen LogP contribution is 2.25. The van der Waals surface area contributed by atoms with E-state index in [9.17, 15) is 19.1 Å². The van der Waals surface area contributed by atoms with Gasteiger partial charge in [0.05, 0.1) is 12.3 Å². The third-order valence-corrected chi connectivity index (χ3v) is 4.75. The molecule has 0 aliphatic heterocycles. The first-order valence-electron chi connectivity index (χ1n) is 9.30. The number of rotatable bonds is 5. The maximum atomic E-state index is 13.2. The van der Waals surface area contributed by atoms with Crippen LogP contribution < -0.4 is 10.9 Å². The number of nitrogens with one attached hydrogen (secondary N) is 1. The van der Waals surface area contributed by atoms with E-state index in [0.717, 1.165) is 5.56 Å². The van der Waals surface area contributed by atoms with E-state index in [1.165, 1.54) is 39.5 Å². The summed E-state index contributed by atoms with van der Waals surface area (Å²) in [6.45, 7) is 1.30. The molecule has 152 valence electrons. The maximum absolute atomic E-state index is 13.2. The Balaban J connectivity index is 1.69. The van der Waals surface area contributed by atoms with Gasteiger partial charge in [-0.15, -0.1) is 0 Å². The standard InChI is InChI=1S/C22H19FN4O3/c1-14-3-2-4-17(11-14)24-19(29)12-26-9-10-27-21(22(26)30)18(13-28)20(25-27)15-5-7-16(23)8-6-15/h2-11,28H,12-13H2,1H3,(H,24,29). The van der Waals surface area contributed by atoms with Gasteiger partial charge in [0.1, 0.15) is 17.9 Å². The van der Waals surface area contributed by atoms with E-state index < -0.39 is 18.0 Å². The number of aryl methyl sites for hydroxylation is 1. The summed E-state index contributed by atoms with van der Waals surface area (Å²) in [6.07, 6.45) is 3.01. The Bertz CT molecular complexity index is 1290. The van der Waals surface area contributed by atoms with Crippen LogP contribution in [-0.2, 0) is 17.9 Å². The Hall–Kier alpha value is -3.78. The van der Waals surface area contributed by atoms with Crippen molar-refractivity contribution in [3.05, 3.63) is 88.2 Å². The van der Waals surface area contributed by atoms with Crippen molar-refractivity contribution in [2.75, 3.05) is 5.32 Å². The smallest absolute Gasteiger partial charge is 0.277 e. The number of nitrogens with zero attached hydrogens (tertiary/aromatic N) is 3. The summed E-state index contributed by atoms with van der Waals surface area (Å²) in [6, 6.07) is 13.0. The molecule has 0 fully saturated rings. The van der Waals surface area contributed by atoms with Gasteiger partial charge in [-0.2, -0.15) is 5.10 Å². The molecule has 8 heteroatoms. The summed E-state index contributed by atoms with van der Waals surface area (Å²) in [5, 5.41) is 17.0. The Morgan fingerprint density at radius 3 is 2.63 bits per heavy atom. The Kier molecular flexibility index (Phi) is 5.16. The number of aliphatic hydroxyl groups excluding tert-OH is 1. The van der Waals surface area contributed by atoms with Crippen LogP contribution in [0.5, 0.6) is 0 Å². The predicted molar refractivity (Wildman–Crippen MR) is 111 cm³/mol. The Labute approximate surface area is 171 Å². The van der Waals surface area contributed by atoms with E-state index in [2.05, 4.69) is 10.4 Å². The predicted octanol–water partition coefficient (Wildman–Crippen LogP) is 2.74. The fourth-order valence-electron chi connectivity index (χ4n) is 3.34. The number of benzene rings is 2. The number of anilines is 1. The number of carbonyl (C=O) groups is 1. The molecular weight excluding hydrogens is 387 g/mol. The van der Waals surface area contributed by atoms with E-state index in [4.69, 9.17) is 0 Å². The van der Waals surface area contributed by atoms with E-state index >= 15 is 0 Å². The van der Waals surface area contributed by atoms with Gasteiger partial charge in [0.25, 0.3) is 5.56 Å². The molecule has 0 spiro atoms. The van der Waals surface area contributed by atoms with Crippen molar-refractivity contribution >= 4 is 17.1 Å². The molecule has 7 nitrogen and oxygen atoms in total. The lowest BCUT2D eigenvalue weighted by Gasteiger charge is -2.08.